The first kappa shape index (κ1) is 11.3. The number of hydrogen-bond acceptors (Lipinski definition) is 0. The molecule has 0 amide bonds. The van der Waals surface area contributed by atoms with Gasteiger partial charge in [0.1, 0.15) is 0 Å². The SMILES string of the molecule is CC(C)(C)c1[c][c]cc(C(C)(C)C)c1. The van der Waals surface area contributed by atoms with Crippen molar-refractivity contribution in [2.75, 3.05) is 0 Å². The molecule has 76 valence electrons. The lowest BCUT2D eigenvalue weighted by Crippen LogP contribution is -2.16. The van der Waals surface area contributed by atoms with Gasteiger partial charge in [-0.2, -0.15) is 0 Å². The van der Waals surface area contributed by atoms with Crippen LogP contribution < -0.4 is 0 Å². The molecular weight excluding hydrogens is 168 g/mol. The summed E-state index contributed by atoms with van der Waals surface area (Å²) in [4.78, 5) is 0. The Bertz CT molecular complexity index is 278. The third-order valence-corrected chi connectivity index (χ3v) is 2.41. The predicted octanol–water partition coefficient (Wildman–Crippen LogP) is 3.88. The molecule has 14 heavy (non-hydrogen) atoms. The van der Waals surface area contributed by atoms with Crippen LogP contribution in [0.2, 0.25) is 0 Å². The van der Waals surface area contributed by atoms with E-state index < -0.39 is 0 Å². The van der Waals surface area contributed by atoms with Gasteiger partial charge in [0.25, 0.3) is 0 Å². The molecule has 0 nitrogen and oxygen atoms in total. The molecule has 0 aliphatic heterocycles. The maximum atomic E-state index is 3.20. The minimum absolute atomic E-state index is 0.164. The molecule has 0 aliphatic carbocycles. The average Bonchev–Trinajstić information content (AvgIpc) is 2.01. The molecule has 2 radical (unpaired) electrons. The van der Waals surface area contributed by atoms with Gasteiger partial charge in [-0.05, 0) is 40.2 Å². The number of rotatable bonds is 0. The summed E-state index contributed by atoms with van der Waals surface area (Å²) in [5.74, 6) is 0. The van der Waals surface area contributed by atoms with Gasteiger partial charge < -0.3 is 0 Å². The molecule has 0 aliphatic rings. The molecule has 0 heterocycles. The first-order valence-corrected chi connectivity index (χ1v) is 5.15. The standard InChI is InChI=1S/C14H20/c1-13(2,3)11-8-7-9-12(10-11)14(4,5)6/h8,10H,1-6H3. The van der Waals surface area contributed by atoms with Crippen molar-refractivity contribution in [1.29, 1.82) is 0 Å². The Kier molecular flexibility index (Phi) is 2.76. The fraction of sp³-hybridized carbons (Fsp3) is 0.571. The third kappa shape index (κ3) is 2.60. The topological polar surface area (TPSA) is 0 Å². The Labute approximate surface area is 88.4 Å². The normalized spacial score (nSPS) is 13.0. The van der Waals surface area contributed by atoms with E-state index in [1.807, 2.05) is 6.07 Å². The van der Waals surface area contributed by atoms with E-state index in [0.29, 0.717) is 0 Å². The van der Waals surface area contributed by atoms with Crippen molar-refractivity contribution in [2.24, 2.45) is 0 Å². The van der Waals surface area contributed by atoms with Crippen molar-refractivity contribution in [2.45, 2.75) is 52.4 Å². The van der Waals surface area contributed by atoms with Gasteiger partial charge in [0.05, 0.1) is 0 Å². The van der Waals surface area contributed by atoms with E-state index in [0.717, 1.165) is 0 Å². The molecule has 0 fully saturated rings. The van der Waals surface area contributed by atoms with Crippen LogP contribution in [0.3, 0.4) is 0 Å². The monoisotopic (exact) mass is 188 g/mol. The van der Waals surface area contributed by atoms with Crippen LogP contribution in [-0.2, 0) is 10.8 Å². The lowest BCUT2D eigenvalue weighted by atomic mass is 9.81. The maximum absolute atomic E-state index is 3.20. The highest BCUT2D eigenvalue weighted by Gasteiger charge is 2.18. The molecule has 0 unspecified atom stereocenters. The Hall–Kier alpha value is -0.780. The van der Waals surface area contributed by atoms with Crippen molar-refractivity contribution in [3.63, 3.8) is 0 Å². The fourth-order valence-corrected chi connectivity index (χ4v) is 1.26. The Balaban J connectivity index is 3.15. The van der Waals surface area contributed by atoms with Crippen LogP contribution in [0.5, 0.6) is 0 Å². The Morgan fingerprint density at radius 1 is 0.929 bits per heavy atom. The Morgan fingerprint density at radius 2 is 1.50 bits per heavy atom. The van der Waals surface area contributed by atoms with Crippen LogP contribution in [0.1, 0.15) is 52.7 Å². The highest BCUT2D eigenvalue weighted by Crippen LogP contribution is 2.27. The zero-order valence-corrected chi connectivity index (χ0v) is 10.2. The second kappa shape index (κ2) is 3.42. The highest BCUT2D eigenvalue weighted by atomic mass is 14.2. The first-order chi connectivity index (χ1) is 6.21. The van der Waals surface area contributed by atoms with Crippen molar-refractivity contribution in [1.82, 2.24) is 0 Å². The van der Waals surface area contributed by atoms with E-state index in [4.69, 9.17) is 0 Å². The van der Waals surface area contributed by atoms with Gasteiger partial charge in [0.15, 0.2) is 0 Å². The van der Waals surface area contributed by atoms with Crippen LogP contribution in [0.4, 0.5) is 0 Å². The molecule has 1 aromatic rings. The fourth-order valence-electron chi connectivity index (χ4n) is 1.26. The third-order valence-electron chi connectivity index (χ3n) is 2.41. The molecular formula is C14H20. The minimum atomic E-state index is 0.164. The summed E-state index contributed by atoms with van der Waals surface area (Å²) in [6, 6.07) is 10.6. The van der Waals surface area contributed by atoms with E-state index in [-0.39, 0.29) is 10.8 Å². The van der Waals surface area contributed by atoms with Crippen LogP contribution in [0.15, 0.2) is 12.1 Å². The molecule has 0 saturated heterocycles. The zero-order valence-electron chi connectivity index (χ0n) is 10.2. The van der Waals surface area contributed by atoms with Crippen LogP contribution >= 0.6 is 0 Å². The summed E-state index contributed by atoms with van der Waals surface area (Å²) in [6.07, 6.45) is 0. The lowest BCUT2D eigenvalue weighted by molar-refractivity contribution is 0.567. The molecule has 0 atom stereocenters. The second-order valence-corrected chi connectivity index (χ2v) is 5.93. The van der Waals surface area contributed by atoms with Gasteiger partial charge in [-0.25, -0.2) is 0 Å². The highest BCUT2D eigenvalue weighted by molar-refractivity contribution is 5.30. The van der Waals surface area contributed by atoms with Crippen LogP contribution in [0.25, 0.3) is 0 Å². The van der Waals surface area contributed by atoms with Gasteiger partial charge in [-0.1, -0.05) is 47.6 Å². The first-order valence-electron chi connectivity index (χ1n) is 5.15. The molecule has 1 aromatic carbocycles. The summed E-state index contributed by atoms with van der Waals surface area (Å²) in [5, 5.41) is 0. The maximum Gasteiger partial charge on any atom is -0.00583 e. The summed E-state index contributed by atoms with van der Waals surface area (Å²) < 4.78 is 0. The number of benzene rings is 1. The smallest absolute Gasteiger partial charge is 0.00583 e. The molecule has 0 bridgehead atoms. The van der Waals surface area contributed by atoms with E-state index >= 15 is 0 Å². The molecule has 1 rings (SSSR count). The lowest BCUT2D eigenvalue weighted by Gasteiger charge is -2.24. The molecule has 0 heteroatoms. The van der Waals surface area contributed by atoms with Crippen molar-refractivity contribution < 1.29 is 0 Å². The van der Waals surface area contributed by atoms with E-state index in [1.54, 1.807) is 0 Å². The van der Waals surface area contributed by atoms with E-state index in [2.05, 4.69) is 59.7 Å². The van der Waals surface area contributed by atoms with Gasteiger partial charge >= 0.3 is 0 Å². The number of hydrogen-bond donors (Lipinski definition) is 0. The predicted molar refractivity (Wildman–Crippen MR) is 61.5 cm³/mol. The van der Waals surface area contributed by atoms with Crippen LogP contribution in [-0.4, -0.2) is 0 Å². The zero-order chi connectivity index (χ0) is 11.0. The average molecular weight is 188 g/mol. The molecule has 0 spiro atoms. The van der Waals surface area contributed by atoms with Gasteiger partial charge in [0, 0.05) is 0 Å². The van der Waals surface area contributed by atoms with Crippen LogP contribution in [0, 0.1) is 12.1 Å². The van der Waals surface area contributed by atoms with Crippen molar-refractivity contribution in [3.05, 3.63) is 35.4 Å². The quantitative estimate of drug-likeness (QED) is 0.579. The summed E-state index contributed by atoms with van der Waals surface area (Å²) in [7, 11) is 0. The van der Waals surface area contributed by atoms with E-state index in [1.165, 1.54) is 11.1 Å². The second-order valence-electron chi connectivity index (χ2n) is 5.93. The molecule has 0 N–H and O–H groups in total. The Morgan fingerprint density at radius 3 is 1.93 bits per heavy atom. The molecule has 0 saturated carbocycles. The van der Waals surface area contributed by atoms with Crippen molar-refractivity contribution in [3.8, 4) is 0 Å². The molecule has 0 aromatic heterocycles. The van der Waals surface area contributed by atoms with E-state index in [9.17, 15) is 0 Å². The van der Waals surface area contributed by atoms with Gasteiger partial charge in [-0.15, -0.1) is 0 Å². The summed E-state index contributed by atoms with van der Waals surface area (Å²) in [5.41, 5.74) is 2.94. The largest absolute Gasteiger partial charge is 0.0561 e. The minimum Gasteiger partial charge on any atom is -0.0561 e. The van der Waals surface area contributed by atoms with Gasteiger partial charge in [-0.3, -0.25) is 0 Å². The summed E-state index contributed by atoms with van der Waals surface area (Å²) in [6.45, 7) is 13.3. The van der Waals surface area contributed by atoms with Crippen molar-refractivity contribution >= 4 is 0 Å². The summed E-state index contributed by atoms with van der Waals surface area (Å²) >= 11 is 0. The van der Waals surface area contributed by atoms with Gasteiger partial charge in [0.2, 0.25) is 0 Å².